The average Bonchev–Trinajstić information content (AvgIpc) is 3.64. The summed E-state index contributed by atoms with van der Waals surface area (Å²) in [5.41, 5.74) is 1.03. The average molecular weight is 642 g/mol. The Morgan fingerprint density at radius 3 is 2.55 bits per heavy atom. The van der Waals surface area contributed by atoms with Gasteiger partial charge in [0.1, 0.15) is 28.2 Å². The number of hydrogen-bond acceptors (Lipinski definition) is 7. The Morgan fingerprint density at radius 1 is 1.07 bits per heavy atom. The Balaban J connectivity index is 1.23. The Kier molecular flexibility index (Phi) is 9.40. The second-order valence-corrected chi connectivity index (χ2v) is 11.0. The van der Waals surface area contributed by atoms with Crippen LogP contribution in [0.25, 0.3) is 5.69 Å². The van der Waals surface area contributed by atoms with Gasteiger partial charge in [-0.25, -0.2) is 19.3 Å². The number of aromatic nitrogens is 3. The number of H-pyrrole nitrogens is 1. The highest BCUT2D eigenvalue weighted by Gasteiger charge is 2.27. The first-order valence-electron chi connectivity index (χ1n) is 13.6. The van der Waals surface area contributed by atoms with Crippen LogP contribution in [-0.4, -0.2) is 75.0 Å². The first-order chi connectivity index (χ1) is 21.1. The van der Waals surface area contributed by atoms with Crippen LogP contribution in [0.1, 0.15) is 12.0 Å². The van der Waals surface area contributed by atoms with Crippen LogP contribution < -0.4 is 26.2 Å². The lowest BCUT2D eigenvalue weighted by atomic mass is 10.2. The zero-order valence-electron chi connectivity index (χ0n) is 23.8. The number of hydrogen-bond donors (Lipinski definition) is 5. The van der Waals surface area contributed by atoms with Crippen LogP contribution in [0.15, 0.2) is 65.6 Å². The van der Waals surface area contributed by atoms with E-state index < -0.39 is 11.6 Å². The highest BCUT2D eigenvalue weighted by atomic mass is 35.5. The summed E-state index contributed by atoms with van der Waals surface area (Å²) in [6.07, 6.45) is 2.39. The lowest BCUT2D eigenvalue weighted by molar-refractivity contribution is 0.216. The largest absolute Gasteiger partial charge is 0.456 e. The number of aliphatic hydroxyl groups excluding tert-OH is 1. The van der Waals surface area contributed by atoms with E-state index in [1.165, 1.54) is 29.1 Å². The number of aromatic amines is 1. The number of ether oxygens (including phenoxy) is 1. The van der Waals surface area contributed by atoms with Crippen LogP contribution in [0, 0.1) is 0 Å². The molecule has 0 bridgehead atoms. The molecule has 13 nitrogen and oxygen atoms in total. The van der Waals surface area contributed by atoms with Gasteiger partial charge in [0.15, 0.2) is 0 Å². The number of nitrogens with zero attached hydrogens (tertiary/aromatic N) is 4. The molecule has 44 heavy (non-hydrogen) atoms. The second-order valence-electron chi connectivity index (χ2n) is 10.2. The molecule has 5 N–H and O–H groups in total. The zero-order valence-corrected chi connectivity index (χ0v) is 25.3. The molecule has 0 aliphatic carbocycles. The highest BCUT2D eigenvalue weighted by molar-refractivity contribution is 6.45. The number of halogens is 2. The van der Waals surface area contributed by atoms with Crippen molar-refractivity contribution in [2.45, 2.75) is 19.1 Å². The van der Waals surface area contributed by atoms with E-state index in [1.807, 2.05) is 14.1 Å². The molecular weight excluding hydrogens is 611 g/mol. The number of rotatable bonds is 8. The first kappa shape index (κ1) is 30.9. The number of likely N-dealkylation sites (N-methyl/N-ethyl adjacent to an activating group) is 1. The maximum Gasteiger partial charge on any atom is 0.324 e. The van der Waals surface area contributed by atoms with Gasteiger partial charge in [0, 0.05) is 37.5 Å². The number of anilines is 3. The SMILES string of the molecule is CN(C)[C@H]1CCN(C(=O)Nc2cc(Oc3ccc(NC(=O)Nc4cc(=O)[nH]n4-c4ccc(CO)cc4)c(Cl)c3Cl)ccn2)C1. The number of pyridine rings is 1. The van der Waals surface area contributed by atoms with Gasteiger partial charge in [-0.15, -0.1) is 0 Å². The summed E-state index contributed by atoms with van der Waals surface area (Å²) in [7, 11) is 3.99. The van der Waals surface area contributed by atoms with Gasteiger partial charge >= 0.3 is 12.1 Å². The van der Waals surface area contributed by atoms with Crippen molar-refractivity contribution in [2.75, 3.05) is 43.1 Å². The molecule has 1 aliphatic heterocycles. The van der Waals surface area contributed by atoms with E-state index in [-0.39, 0.29) is 39.9 Å². The summed E-state index contributed by atoms with van der Waals surface area (Å²) in [5, 5.41) is 20.0. The number of carbonyl (C=O) groups excluding carboxylic acids is 2. The molecule has 4 aromatic rings. The molecule has 15 heteroatoms. The predicted octanol–water partition coefficient (Wildman–Crippen LogP) is 4.96. The fraction of sp³-hybridized carbons (Fsp3) is 0.241. The monoisotopic (exact) mass is 640 g/mol. The number of carbonyl (C=O) groups is 2. The minimum atomic E-state index is -0.680. The Bertz CT molecular complexity index is 1720. The normalized spacial score (nSPS) is 14.5. The van der Waals surface area contributed by atoms with Crippen molar-refractivity contribution in [3.05, 3.63) is 86.8 Å². The zero-order chi connectivity index (χ0) is 31.4. The molecular formula is C29H30Cl2N8O5. The fourth-order valence-electron chi connectivity index (χ4n) is 4.62. The molecule has 0 saturated carbocycles. The van der Waals surface area contributed by atoms with Gasteiger partial charge in [-0.2, -0.15) is 0 Å². The minimum Gasteiger partial charge on any atom is -0.456 e. The van der Waals surface area contributed by atoms with Crippen LogP contribution in [0.4, 0.5) is 26.9 Å². The van der Waals surface area contributed by atoms with Crippen LogP contribution in [0.2, 0.25) is 10.0 Å². The van der Waals surface area contributed by atoms with Crippen molar-refractivity contribution in [1.82, 2.24) is 24.6 Å². The van der Waals surface area contributed by atoms with E-state index in [4.69, 9.17) is 27.9 Å². The van der Waals surface area contributed by atoms with Gasteiger partial charge in [-0.05, 0) is 56.4 Å². The molecule has 2 aromatic carbocycles. The van der Waals surface area contributed by atoms with Gasteiger partial charge in [0.05, 0.1) is 23.0 Å². The number of nitrogens with one attached hydrogen (secondary N) is 4. The number of aliphatic hydroxyl groups is 1. The maximum atomic E-state index is 12.8. The topological polar surface area (TPSA) is 157 Å². The van der Waals surface area contributed by atoms with E-state index in [0.717, 1.165) is 6.42 Å². The lowest BCUT2D eigenvalue weighted by Crippen LogP contribution is -2.36. The molecule has 0 unspecified atom stereocenters. The fourth-order valence-corrected chi connectivity index (χ4v) is 5.03. The maximum absolute atomic E-state index is 12.8. The number of amides is 4. The van der Waals surface area contributed by atoms with E-state index in [0.29, 0.717) is 41.9 Å². The molecule has 1 atom stereocenters. The summed E-state index contributed by atoms with van der Waals surface area (Å²) in [6, 6.07) is 13.6. The number of urea groups is 2. The smallest absolute Gasteiger partial charge is 0.324 e. The van der Waals surface area contributed by atoms with E-state index in [2.05, 4.69) is 30.9 Å². The molecule has 230 valence electrons. The lowest BCUT2D eigenvalue weighted by Gasteiger charge is -2.20. The minimum absolute atomic E-state index is 0.0254. The van der Waals surface area contributed by atoms with Gasteiger partial charge < -0.3 is 25.0 Å². The van der Waals surface area contributed by atoms with Gasteiger partial charge in [-0.1, -0.05) is 35.3 Å². The predicted molar refractivity (Wildman–Crippen MR) is 168 cm³/mol. The van der Waals surface area contributed by atoms with Crippen molar-refractivity contribution in [1.29, 1.82) is 0 Å². The van der Waals surface area contributed by atoms with Crippen LogP contribution in [0.3, 0.4) is 0 Å². The summed E-state index contributed by atoms with van der Waals surface area (Å²) in [6.45, 7) is 1.16. The first-order valence-corrected chi connectivity index (χ1v) is 14.3. The third-order valence-electron chi connectivity index (χ3n) is 7.02. The standard InChI is InChI=1S/C29H30Cl2N8O5/c1-37(2)19-10-12-38(15-19)29(43)34-23-13-20(9-11-32-23)44-22-8-7-21(26(30)27(22)31)33-28(42)35-24-14-25(41)36-39(24)18-5-3-17(16-40)4-6-18/h3-9,11,13-14,19,40H,10,12,15-16H2,1-2H3,(H,36,41)(H,32,34,43)(H2,33,35,42)/t19-/m0/s1. The number of likely N-dealkylation sites (tertiary alicyclic amines) is 1. The molecule has 1 saturated heterocycles. The Morgan fingerprint density at radius 2 is 1.84 bits per heavy atom. The van der Waals surface area contributed by atoms with E-state index in [1.54, 1.807) is 41.3 Å². The molecule has 2 aromatic heterocycles. The quantitative estimate of drug-likeness (QED) is 0.182. The van der Waals surface area contributed by atoms with E-state index in [9.17, 15) is 19.5 Å². The Hall–Kier alpha value is -4.56. The molecule has 1 fully saturated rings. The van der Waals surface area contributed by atoms with E-state index >= 15 is 0 Å². The molecule has 0 spiro atoms. The van der Waals surface area contributed by atoms with Crippen LogP contribution >= 0.6 is 23.2 Å². The molecule has 3 heterocycles. The Labute approximate surface area is 262 Å². The third-order valence-corrected chi connectivity index (χ3v) is 7.88. The van der Waals surface area contributed by atoms with Crippen molar-refractivity contribution >= 4 is 52.6 Å². The molecule has 4 amide bonds. The molecule has 0 radical (unpaired) electrons. The second kappa shape index (κ2) is 13.4. The van der Waals surface area contributed by atoms with Gasteiger partial charge in [0.2, 0.25) is 0 Å². The van der Waals surface area contributed by atoms with Crippen molar-refractivity contribution in [3.63, 3.8) is 0 Å². The van der Waals surface area contributed by atoms with Crippen LogP contribution in [0.5, 0.6) is 11.5 Å². The third kappa shape index (κ3) is 7.14. The summed E-state index contributed by atoms with van der Waals surface area (Å²) in [4.78, 5) is 45.6. The molecule has 5 rings (SSSR count). The molecule has 1 aliphatic rings. The summed E-state index contributed by atoms with van der Waals surface area (Å²) in [5.74, 6) is 1.06. The van der Waals surface area contributed by atoms with Gasteiger partial charge in [-0.3, -0.25) is 20.5 Å². The van der Waals surface area contributed by atoms with Crippen molar-refractivity contribution in [2.24, 2.45) is 0 Å². The summed E-state index contributed by atoms with van der Waals surface area (Å²) >= 11 is 12.9. The highest BCUT2D eigenvalue weighted by Crippen LogP contribution is 2.39. The number of benzene rings is 2. The van der Waals surface area contributed by atoms with Gasteiger partial charge in [0.25, 0.3) is 5.56 Å². The van der Waals surface area contributed by atoms with Crippen LogP contribution in [-0.2, 0) is 6.61 Å². The van der Waals surface area contributed by atoms with Crippen molar-refractivity contribution < 1.29 is 19.4 Å². The van der Waals surface area contributed by atoms with Crippen molar-refractivity contribution in [3.8, 4) is 17.2 Å². The summed E-state index contributed by atoms with van der Waals surface area (Å²) < 4.78 is 7.31.